The van der Waals surface area contributed by atoms with E-state index in [4.69, 9.17) is 25.8 Å². The third-order valence-electron chi connectivity index (χ3n) is 3.31. The number of halogens is 3. The fourth-order valence-electron chi connectivity index (χ4n) is 1.96. The van der Waals surface area contributed by atoms with Crippen LogP contribution in [0.4, 0.5) is 0 Å². The van der Waals surface area contributed by atoms with E-state index in [2.05, 4.69) is 42.7 Å². The second-order valence-corrected chi connectivity index (χ2v) is 7.50. The van der Waals surface area contributed by atoms with E-state index in [0.29, 0.717) is 44.2 Å². The van der Waals surface area contributed by atoms with E-state index in [-0.39, 0.29) is 6.61 Å². The Hall–Kier alpha value is -1.81. The van der Waals surface area contributed by atoms with Crippen LogP contribution in [0.15, 0.2) is 45.3 Å². The lowest BCUT2D eigenvalue weighted by atomic mass is 10.2. The highest BCUT2D eigenvalue weighted by molar-refractivity contribution is 9.10. The zero-order valence-corrected chi connectivity index (χ0v) is 18.7. The highest BCUT2D eigenvalue weighted by Crippen LogP contribution is 2.28. The van der Waals surface area contributed by atoms with E-state index in [1.54, 1.807) is 43.5 Å². The second kappa shape index (κ2) is 11.3. The van der Waals surface area contributed by atoms with Crippen LogP contribution in [-0.4, -0.2) is 38.7 Å². The standard InChI is InChI=1S/C18H17Br2ClN2O5/c1-26-6-7-27-15-4-2-11(8-13(15)19)18(25)23-22-17(24)10-28-16-5-3-12(21)9-14(16)20/h2-5,8-9H,6-7,10H2,1H3,(H,22,24)(H,23,25). The van der Waals surface area contributed by atoms with Gasteiger partial charge in [-0.25, -0.2) is 0 Å². The molecular weight excluding hydrogens is 519 g/mol. The van der Waals surface area contributed by atoms with Crippen LogP contribution in [-0.2, 0) is 9.53 Å². The monoisotopic (exact) mass is 534 g/mol. The summed E-state index contributed by atoms with van der Waals surface area (Å²) < 4.78 is 17.0. The van der Waals surface area contributed by atoms with E-state index in [1.165, 1.54) is 0 Å². The summed E-state index contributed by atoms with van der Waals surface area (Å²) in [5.41, 5.74) is 4.96. The smallest absolute Gasteiger partial charge is 0.276 e. The Morgan fingerprint density at radius 3 is 2.32 bits per heavy atom. The predicted octanol–water partition coefficient (Wildman–Crippen LogP) is 3.73. The quantitative estimate of drug-likeness (QED) is 0.397. The molecule has 0 radical (unpaired) electrons. The normalized spacial score (nSPS) is 10.3. The van der Waals surface area contributed by atoms with Crippen molar-refractivity contribution in [3.63, 3.8) is 0 Å². The Kier molecular flexibility index (Phi) is 9.04. The van der Waals surface area contributed by atoms with Gasteiger partial charge in [-0.05, 0) is 68.3 Å². The van der Waals surface area contributed by atoms with Gasteiger partial charge in [0.25, 0.3) is 11.8 Å². The van der Waals surface area contributed by atoms with Crippen molar-refractivity contribution in [3.8, 4) is 11.5 Å². The average Bonchev–Trinajstić information content (AvgIpc) is 2.66. The zero-order chi connectivity index (χ0) is 20.5. The van der Waals surface area contributed by atoms with Crippen molar-refractivity contribution in [2.75, 3.05) is 26.9 Å². The number of hydrogen-bond acceptors (Lipinski definition) is 5. The number of hydrazine groups is 1. The number of amides is 2. The fraction of sp³-hybridized carbons (Fsp3) is 0.222. The Labute approximate surface area is 183 Å². The molecule has 0 atom stereocenters. The lowest BCUT2D eigenvalue weighted by Gasteiger charge is -2.11. The van der Waals surface area contributed by atoms with Crippen molar-refractivity contribution in [1.29, 1.82) is 0 Å². The number of carbonyl (C=O) groups excluding carboxylic acids is 2. The van der Waals surface area contributed by atoms with Gasteiger partial charge in [0, 0.05) is 17.7 Å². The number of carbonyl (C=O) groups is 2. The molecule has 0 fully saturated rings. The molecule has 150 valence electrons. The molecule has 2 aromatic carbocycles. The van der Waals surface area contributed by atoms with E-state index in [9.17, 15) is 9.59 Å². The van der Waals surface area contributed by atoms with Gasteiger partial charge in [-0.2, -0.15) is 0 Å². The molecule has 0 bridgehead atoms. The molecule has 0 saturated heterocycles. The van der Waals surface area contributed by atoms with Crippen LogP contribution in [0.5, 0.6) is 11.5 Å². The van der Waals surface area contributed by atoms with Gasteiger partial charge in [-0.1, -0.05) is 11.6 Å². The predicted molar refractivity (Wildman–Crippen MR) is 112 cm³/mol. The highest BCUT2D eigenvalue weighted by atomic mass is 79.9. The molecule has 10 heteroatoms. The first-order valence-electron chi connectivity index (χ1n) is 7.99. The average molecular weight is 537 g/mol. The van der Waals surface area contributed by atoms with Gasteiger partial charge in [0.1, 0.15) is 18.1 Å². The summed E-state index contributed by atoms with van der Waals surface area (Å²) in [4.78, 5) is 24.0. The third-order valence-corrected chi connectivity index (χ3v) is 4.78. The lowest BCUT2D eigenvalue weighted by Crippen LogP contribution is -2.43. The van der Waals surface area contributed by atoms with Crippen LogP contribution in [0.25, 0.3) is 0 Å². The molecule has 2 aromatic rings. The molecule has 0 heterocycles. The molecule has 0 aliphatic carbocycles. The summed E-state index contributed by atoms with van der Waals surface area (Å²) in [5.74, 6) is 0.0393. The molecule has 2 N–H and O–H groups in total. The number of methoxy groups -OCH3 is 1. The van der Waals surface area contributed by atoms with Crippen LogP contribution in [0.2, 0.25) is 5.02 Å². The van der Waals surface area contributed by atoms with Crippen LogP contribution >= 0.6 is 43.5 Å². The topological polar surface area (TPSA) is 85.9 Å². The highest BCUT2D eigenvalue weighted by Gasteiger charge is 2.11. The van der Waals surface area contributed by atoms with Gasteiger partial charge in [-0.15, -0.1) is 0 Å². The Morgan fingerprint density at radius 1 is 0.964 bits per heavy atom. The summed E-state index contributed by atoms with van der Waals surface area (Å²) in [6.45, 7) is 0.562. The molecule has 0 saturated carbocycles. The van der Waals surface area contributed by atoms with Crippen LogP contribution in [0.1, 0.15) is 10.4 Å². The number of hydrogen-bond donors (Lipinski definition) is 2. The Morgan fingerprint density at radius 2 is 1.64 bits per heavy atom. The van der Waals surface area contributed by atoms with Crippen molar-refractivity contribution in [2.24, 2.45) is 0 Å². The maximum atomic E-state index is 12.2. The van der Waals surface area contributed by atoms with Gasteiger partial charge >= 0.3 is 0 Å². The van der Waals surface area contributed by atoms with Gasteiger partial charge in [0.15, 0.2) is 6.61 Å². The molecule has 7 nitrogen and oxygen atoms in total. The molecule has 2 rings (SSSR count). The molecule has 0 unspecified atom stereocenters. The van der Waals surface area contributed by atoms with Crippen molar-refractivity contribution < 1.29 is 23.8 Å². The maximum absolute atomic E-state index is 12.2. The zero-order valence-electron chi connectivity index (χ0n) is 14.8. The van der Waals surface area contributed by atoms with Crippen molar-refractivity contribution >= 4 is 55.3 Å². The van der Waals surface area contributed by atoms with E-state index < -0.39 is 11.8 Å². The number of rotatable bonds is 8. The van der Waals surface area contributed by atoms with Crippen molar-refractivity contribution in [3.05, 3.63) is 55.9 Å². The minimum atomic E-state index is -0.520. The summed E-state index contributed by atoms with van der Waals surface area (Å²) in [6, 6.07) is 9.74. The molecule has 2 amide bonds. The second-order valence-electron chi connectivity index (χ2n) is 5.35. The number of nitrogens with one attached hydrogen (secondary N) is 2. The first-order valence-corrected chi connectivity index (χ1v) is 9.95. The van der Waals surface area contributed by atoms with E-state index >= 15 is 0 Å². The van der Waals surface area contributed by atoms with Gasteiger partial charge in [0.2, 0.25) is 0 Å². The molecule has 0 aliphatic heterocycles. The summed E-state index contributed by atoms with van der Waals surface area (Å²) >= 11 is 12.5. The van der Waals surface area contributed by atoms with Crippen molar-refractivity contribution in [2.45, 2.75) is 0 Å². The minimum absolute atomic E-state index is 0.281. The Bertz CT molecular complexity index is 851. The van der Waals surface area contributed by atoms with Crippen LogP contribution < -0.4 is 20.3 Å². The lowest BCUT2D eigenvalue weighted by molar-refractivity contribution is -0.123. The first-order chi connectivity index (χ1) is 13.4. The molecule has 0 aromatic heterocycles. The van der Waals surface area contributed by atoms with Crippen molar-refractivity contribution in [1.82, 2.24) is 10.9 Å². The first kappa shape index (κ1) is 22.5. The summed E-state index contributed by atoms with van der Waals surface area (Å²) in [5, 5.41) is 0.539. The molecular formula is C18H17Br2ClN2O5. The largest absolute Gasteiger partial charge is 0.490 e. The SMILES string of the molecule is COCCOc1ccc(C(=O)NNC(=O)COc2ccc(Cl)cc2Br)cc1Br. The molecule has 0 spiro atoms. The van der Waals surface area contributed by atoms with E-state index in [0.717, 1.165) is 0 Å². The fourth-order valence-corrected chi connectivity index (χ4v) is 3.25. The van der Waals surface area contributed by atoms with Gasteiger partial charge in [0.05, 0.1) is 15.6 Å². The van der Waals surface area contributed by atoms with E-state index in [1.807, 2.05) is 0 Å². The molecule has 0 aliphatic rings. The van der Waals surface area contributed by atoms with Gasteiger partial charge in [-0.3, -0.25) is 20.4 Å². The Balaban J connectivity index is 1.82. The van der Waals surface area contributed by atoms with Gasteiger partial charge < -0.3 is 14.2 Å². The van der Waals surface area contributed by atoms with Crippen LogP contribution in [0, 0.1) is 0 Å². The maximum Gasteiger partial charge on any atom is 0.276 e. The number of benzene rings is 2. The number of ether oxygens (including phenoxy) is 3. The minimum Gasteiger partial charge on any atom is -0.490 e. The third kappa shape index (κ3) is 6.97. The summed E-state index contributed by atoms with van der Waals surface area (Å²) in [6.07, 6.45) is 0. The van der Waals surface area contributed by atoms with Crippen LogP contribution in [0.3, 0.4) is 0 Å². The molecule has 28 heavy (non-hydrogen) atoms. The summed E-state index contributed by atoms with van der Waals surface area (Å²) in [7, 11) is 1.58.